The Hall–Kier alpha value is -2.31. The fraction of sp³-hybridized carbons (Fsp3) is 0.100. The van der Waals surface area contributed by atoms with Crippen molar-refractivity contribution in [3.05, 3.63) is 47.8 Å². The van der Waals surface area contributed by atoms with Crippen molar-refractivity contribution in [2.24, 2.45) is 0 Å². The first-order chi connectivity index (χ1) is 8.18. The number of pyridine rings is 1. The Morgan fingerprint density at radius 3 is 3.00 bits per heavy atom. The van der Waals surface area contributed by atoms with Crippen LogP contribution in [0.15, 0.2) is 24.8 Å². The minimum absolute atomic E-state index is 0.155. The van der Waals surface area contributed by atoms with Crippen LogP contribution in [0.3, 0.4) is 0 Å². The molecule has 2 aromatic heterocycles. The van der Waals surface area contributed by atoms with Crippen LogP contribution in [0.5, 0.6) is 0 Å². The van der Waals surface area contributed by atoms with Gasteiger partial charge in [0, 0.05) is 12.4 Å². The number of rotatable bonds is 3. The molecule has 0 unspecified atom stereocenters. The second-order valence-corrected chi connectivity index (χ2v) is 3.22. The molecule has 2 rings (SSSR count). The van der Waals surface area contributed by atoms with Crippen LogP contribution in [0, 0.1) is 11.8 Å². The minimum Gasteiger partial charge on any atom is -0.347 e. The number of aromatic nitrogens is 3. The number of halogens is 2. The summed E-state index contributed by atoms with van der Waals surface area (Å²) in [7, 11) is 0. The molecule has 2 heterocycles. The molecular formula is C10H8F2N4O. The number of H-pyrrole nitrogens is 1. The molecule has 17 heavy (non-hydrogen) atoms. The highest BCUT2D eigenvalue weighted by Gasteiger charge is 2.15. The molecule has 0 bridgehead atoms. The molecule has 0 aliphatic heterocycles. The minimum atomic E-state index is -1.29. The molecule has 0 saturated carbocycles. The van der Waals surface area contributed by atoms with Crippen molar-refractivity contribution in [1.82, 2.24) is 20.3 Å². The molecule has 0 aliphatic rings. The van der Waals surface area contributed by atoms with E-state index in [1.54, 1.807) is 0 Å². The first-order valence-electron chi connectivity index (χ1n) is 4.74. The van der Waals surface area contributed by atoms with Crippen LogP contribution in [0.1, 0.15) is 16.1 Å². The van der Waals surface area contributed by atoms with Gasteiger partial charge in [-0.05, 0) is 6.07 Å². The van der Waals surface area contributed by atoms with E-state index < -0.39 is 17.7 Å². The number of amides is 1. The zero-order valence-electron chi connectivity index (χ0n) is 8.58. The van der Waals surface area contributed by atoms with E-state index in [4.69, 9.17) is 0 Å². The number of carbonyl (C=O) groups excluding carboxylic acids is 1. The van der Waals surface area contributed by atoms with E-state index in [1.165, 1.54) is 12.5 Å². The predicted octanol–water partition coefficient (Wildman–Crippen LogP) is 1.01. The molecule has 0 radical (unpaired) electrons. The molecule has 88 valence electrons. The maximum atomic E-state index is 13.2. The van der Waals surface area contributed by atoms with Gasteiger partial charge in [-0.15, -0.1) is 0 Å². The van der Waals surface area contributed by atoms with Crippen molar-refractivity contribution >= 4 is 5.91 Å². The number of carbonyl (C=O) groups is 1. The van der Waals surface area contributed by atoms with Gasteiger partial charge < -0.3 is 10.3 Å². The van der Waals surface area contributed by atoms with E-state index in [0.717, 1.165) is 12.3 Å². The van der Waals surface area contributed by atoms with Crippen LogP contribution in [0.25, 0.3) is 0 Å². The van der Waals surface area contributed by atoms with Gasteiger partial charge in [-0.3, -0.25) is 4.79 Å². The number of hydrogen-bond acceptors (Lipinski definition) is 3. The van der Waals surface area contributed by atoms with Crippen molar-refractivity contribution in [2.45, 2.75) is 6.54 Å². The molecule has 0 aliphatic carbocycles. The number of aromatic amines is 1. The normalized spacial score (nSPS) is 10.2. The van der Waals surface area contributed by atoms with Crippen LogP contribution in [-0.2, 0) is 6.54 Å². The predicted molar refractivity (Wildman–Crippen MR) is 53.9 cm³/mol. The summed E-state index contributed by atoms with van der Waals surface area (Å²) in [5, 5.41) is 2.42. The highest BCUT2D eigenvalue weighted by atomic mass is 19.2. The van der Waals surface area contributed by atoms with Gasteiger partial charge in [0.1, 0.15) is 0 Å². The smallest absolute Gasteiger partial charge is 0.254 e. The summed E-state index contributed by atoms with van der Waals surface area (Å²) in [4.78, 5) is 21.1. The Balaban J connectivity index is 2.07. The van der Waals surface area contributed by atoms with Crippen molar-refractivity contribution in [2.75, 3.05) is 0 Å². The second-order valence-electron chi connectivity index (χ2n) is 3.22. The fourth-order valence-corrected chi connectivity index (χ4v) is 1.25. The lowest BCUT2D eigenvalue weighted by Crippen LogP contribution is -2.24. The van der Waals surface area contributed by atoms with Crippen LogP contribution in [0.4, 0.5) is 8.78 Å². The van der Waals surface area contributed by atoms with Gasteiger partial charge in [0.25, 0.3) is 5.91 Å². The van der Waals surface area contributed by atoms with Gasteiger partial charge in [0.15, 0.2) is 5.82 Å². The van der Waals surface area contributed by atoms with E-state index in [9.17, 15) is 13.6 Å². The molecule has 7 heteroatoms. The van der Waals surface area contributed by atoms with E-state index in [2.05, 4.69) is 20.3 Å². The van der Waals surface area contributed by atoms with Gasteiger partial charge in [0.05, 0.1) is 24.1 Å². The molecular weight excluding hydrogens is 230 g/mol. The third-order valence-electron chi connectivity index (χ3n) is 2.09. The summed E-state index contributed by atoms with van der Waals surface area (Å²) in [6.07, 6.45) is 4.00. The standard InChI is InChI=1S/C10H8F2N4O/c11-8-7(1-2-14-9(8)12)10(17)15-4-6-3-13-5-16-6/h1-3,5H,4H2,(H,13,16)(H,15,17). The number of imidazole rings is 1. The SMILES string of the molecule is O=C(NCc1cnc[nH]1)c1ccnc(F)c1F. The molecule has 0 saturated heterocycles. The first-order valence-corrected chi connectivity index (χ1v) is 4.74. The van der Waals surface area contributed by atoms with Gasteiger partial charge in [-0.25, -0.2) is 14.4 Å². The molecule has 0 fully saturated rings. The zero-order valence-corrected chi connectivity index (χ0v) is 8.58. The van der Waals surface area contributed by atoms with E-state index in [1.807, 2.05) is 0 Å². The Labute approximate surface area is 94.9 Å². The van der Waals surface area contributed by atoms with Crippen molar-refractivity contribution < 1.29 is 13.6 Å². The second kappa shape index (κ2) is 4.69. The fourth-order valence-electron chi connectivity index (χ4n) is 1.25. The average Bonchev–Trinajstić information content (AvgIpc) is 2.82. The lowest BCUT2D eigenvalue weighted by molar-refractivity contribution is 0.0945. The summed E-state index contributed by atoms with van der Waals surface area (Å²) in [5.41, 5.74) is 0.283. The number of hydrogen-bond donors (Lipinski definition) is 2. The van der Waals surface area contributed by atoms with Gasteiger partial charge in [-0.2, -0.15) is 4.39 Å². The van der Waals surface area contributed by atoms with Crippen LogP contribution in [0.2, 0.25) is 0 Å². The summed E-state index contributed by atoms with van der Waals surface area (Å²) < 4.78 is 26.0. The molecule has 5 nitrogen and oxygen atoms in total. The lowest BCUT2D eigenvalue weighted by Gasteiger charge is -2.04. The van der Waals surface area contributed by atoms with Crippen LogP contribution < -0.4 is 5.32 Å². The third kappa shape index (κ3) is 2.44. The van der Waals surface area contributed by atoms with Crippen molar-refractivity contribution in [3.63, 3.8) is 0 Å². The number of nitrogens with one attached hydrogen (secondary N) is 2. The van der Waals surface area contributed by atoms with Crippen LogP contribution >= 0.6 is 0 Å². The summed E-state index contributed by atoms with van der Waals surface area (Å²) in [5.74, 6) is -3.26. The van der Waals surface area contributed by atoms with E-state index in [0.29, 0.717) is 5.69 Å². The highest BCUT2D eigenvalue weighted by Crippen LogP contribution is 2.08. The van der Waals surface area contributed by atoms with Gasteiger partial charge in [-0.1, -0.05) is 0 Å². The largest absolute Gasteiger partial charge is 0.347 e. The quantitative estimate of drug-likeness (QED) is 0.784. The molecule has 2 aromatic rings. The monoisotopic (exact) mass is 238 g/mol. The lowest BCUT2D eigenvalue weighted by atomic mass is 10.2. The molecule has 0 aromatic carbocycles. The topological polar surface area (TPSA) is 70.7 Å². The molecule has 1 amide bonds. The first kappa shape index (κ1) is 11.2. The molecule has 0 atom stereocenters. The maximum Gasteiger partial charge on any atom is 0.254 e. The zero-order chi connectivity index (χ0) is 12.3. The van der Waals surface area contributed by atoms with Crippen molar-refractivity contribution in [3.8, 4) is 0 Å². The molecule has 2 N–H and O–H groups in total. The van der Waals surface area contributed by atoms with Crippen LogP contribution in [-0.4, -0.2) is 20.9 Å². The third-order valence-corrected chi connectivity index (χ3v) is 2.09. The summed E-state index contributed by atoms with van der Waals surface area (Å²) in [6, 6.07) is 1.11. The van der Waals surface area contributed by atoms with E-state index in [-0.39, 0.29) is 12.1 Å². The Morgan fingerprint density at radius 1 is 1.47 bits per heavy atom. The Morgan fingerprint density at radius 2 is 2.29 bits per heavy atom. The maximum absolute atomic E-state index is 13.2. The van der Waals surface area contributed by atoms with E-state index >= 15 is 0 Å². The Kier molecular flexibility index (Phi) is 3.08. The Bertz CT molecular complexity index is 527. The summed E-state index contributed by atoms with van der Waals surface area (Å²) in [6.45, 7) is 0.155. The number of nitrogens with zero attached hydrogens (tertiary/aromatic N) is 2. The van der Waals surface area contributed by atoms with Crippen molar-refractivity contribution in [1.29, 1.82) is 0 Å². The summed E-state index contributed by atoms with van der Waals surface area (Å²) >= 11 is 0. The van der Waals surface area contributed by atoms with Gasteiger partial charge in [0.2, 0.25) is 5.95 Å². The average molecular weight is 238 g/mol. The molecule has 0 spiro atoms. The highest BCUT2D eigenvalue weighted by molar-refractivity contribution is 5.94. The van der Waals surface area contributed by atoms with Gasteiger partial charge >= 0.3 is 0 Å².